The average molecular weight is 381 g/mol. The minimum atomic E-state index is -0.143. The van der Waals surface area contributed by atoms with Gasteiger partial charge in [0.1, 0.15) is 18.1 Å². The molecule has 1 saturated heterocycles. The largest absolute Gasteiger partial charge is 0.491 e. The van der Waals surface area contributed by atoms with Crippen LogP contribution >= 0.6 is 0 Å². The van der Waals surface area contributed by atoms with Crippen LogP contribution in [0.5, 0.6) is 11.5 Å². The lowest BCUT2D eigenvalue weighted by Gasteiger charge is -2.13. The number of amides is 1. The fourth-order valence-electron chi connectivity index (χ4n) is 3.69. The Morgan fingerprint density at radius 3 is 2.32 bits per heavy atom. The van der Waals surface area contributed by atoms with Gasteiger partial charge in [0.2, 0.25) is 0 Å². The van der Waals surface area contributed by atoms with Crippen LogP contribution in [0.1, 0.15) is 48.9 Å². The molecule has 0 spiro atoms. The third-order valence-corrected chi connectivity index (χ3v) is 5.29. The number of carbonyl (C=O) groups is 1. The Morgan fingerprint density at radius 1 is 0.929 bits per heavy atom. The second-order valence-corrected chi connectivity index (χ2v) is 7.47. The summed E-state index contributed by atoms with van der Waals surface area (Å²) in [5.74, 6) is 1.47. The van der Waals surface area contributed by atoms with Crippen LogP contribution in [0.2, 0.25) is 0 Å². The molecule has 2 aromatic carbocycles. The zero-order valence-corrected chi connectivity index (χ0v) is 16.1. The molecule has 0 radical (unpaired) electrons. The van der Waals surface area contributed by atoms with Crippen LogP contribution in [0, 0.1) is 0 Å². The van der Waals surface area contributed by atoms with E-state index < -0.39 is 0 Å². The van der Waals surface area contributed by atoms with Gasteiger partial charge in [-0.2, -0.15) is 0 Å². The van der Waals surface area contributed by atoms with E-state index in [2.05, 4.69) is 5.32 Å². The highest BCUT2D eigenvalue weighted by Crippen LogP contribution is 2.25. The fourth-order valence-corrected chi connectivity index (χ4v) is 3.69. The Morgan fingerprint density at radius 2 is 1.64 bits per heavy atom. The highest BCUT2D eigenvalue weighted by molar-refractivity contribution is 6.04. The first-order chi connectivity index (χ1) is 13.8. The summed E-state index contributed by atoms with van der Waals surface area (Å²) in [6.45, 7) is 1.38. The second kappa shape index (κ2) is 9.11. The van der Waals surface area contributed by atoms with Gasteiger partial charge in [-0.05, 0) is 87.1 Å². The molecule has 1 aliphatic heterocycles. The molecule has 1 aliphatic carbocycles. The quantitative estimate of drug-likeness (QED) is 0.747. The molecule has 148 valence electrons. The zero-order chi connectivity index (χ0) is 19.2. The van der Waals surface area contributed by atoms with Gasteiger partial charge in [0.25, 0.3) is 5.91 Å². The van der Waals surface area contributed by atoms with Crippen LogP contribution in [0.4, 0.5) is 5.69 Å². The van der Waals surface area contributed by atoms with Gasteiger partial charge in [-0.1, -0.05) is 0 Å². The van der Waals surface area contributed by atoms with Crippen LogP contribution in [-0.2, 0) is 4.74 Å². The highest BCUT2D eigenvalue weighted by Gasteiger charge is 2.17. The Balaban J connectivity index is 1.27. The molecule has 5 nitrogen and oxygen atoms in total. The molecule has 0 bridgehead atoms. The third kappa shape index (κ3) is 5.04. The van der Waals surface area contributed by atoms with Gasteiger partial charge in [-0.25, -0.2) is 0 Å². The molecule has 1 unspecified atom stereocenters. The number of nitrogens with one attached hydrogen (secondary N) is 1. The van der Waals surface area contributed by atoms with Crippen molar-refractivity contribution in [2.75, 3.05) is 18.5 Å². The van der Waals surface area contributed by atoms with E-state index in [1.807, 2.05) is 36.4 Å². The maximum atomic E-state index is 12.5. The van der Waals surface area contributed by atoms with Crippen molar-refractivity contribution in [3.8, 4) is 11.5 Å². The Labute approximate surface area is 166 Å². The maximum Gasteiger partial charge on any atom is 0.255 e. The summed E-state index contributed by atoms with van der Waals surface area (Å²) < 4.78 is 17.2. The number of carbonyl (C=O) groups excluding carboxylic acids is 1. The minimum absolute atomic E-state index is 0.143. The summed E-state index contributed by atoms with van der Waals surface area (Å²) in [5, 5.41) is 2.92. The Kier molecular flexibility index (Phi) is 6.12. The van der Waals surface area contributed by atoms with Gasteiger partial charge < -0.3 is 19.5 Å². The van der Waals surface area contributed by atoms with Crippen molar-refractivity contribution in [3.05, 3.63) is 54.1 Å². The first kappa shape index (κ1) is 18.8. The van der Waals surface area contributed by atoms with Crippen molar-refractivity contribution in [3.63, 3.8) is 0 Å². The molecule has 28 heavy (non-hydrogen) atoms. The molecule has 2 aromatic rings. The number of rotatable bonds is 7. The predicted molar refractivity (Wildman–Crippen MR) is 108 cm³/mol. The van der Waals surface area contributed by atoms with E-state index in [1.54, 1.807) is 12.1 Å². The minimum Gasteiger partial charge on any atom is -0.491 e. The Bertz CT molecular complexity index is 760. The fraction of sp³-hybridized carbons (Fsp3) is 0.435. The summed E-state index contributed by atoms with van der Waals surface area (Å²) in [6.07, 6.45) is 7.42. The molecule has 1 N–H and O–H groups in total. The predicted octanol–water partition coefficient (Wildman–Crippen LogP) is 4.82. The van der Waals surface area contributed by atoms with E-state index in [9.17, 15) is 4.79 Å². The van der Waals surface area contributed by atoms with Crippen LogP contribution < -0.4 is 14.8 Å². The van der Waals surface area contributed by atoms with E-state index in [0.29, 0.717) is 18.3 Å². The summed E-state index contributed by atoms with van der Waals surface area (Å²) >= 11 is 0. The van der Waals surface area contributed by atoms with Crippen LogP contribution in [0.25, 0.3) is 0 Å². The monoisotopic (exact) mass is 381 g/mol. The van der Waals surface area contributed by atoms with Crippen molar-refractivity contribution < 1.29 is 19.0 Å². The summed E-state index contributed by atoms with van der Waals surface area (Å²) in [7, 11) is 0. The van der Waals surface area contributed by atoms with E-state index in [1.165, 1.54) is 12.8 Å². The lowest BCUT2D eigenvalue weighted by molar-refractivity contribution is 0.0679. The van der Waals surface area contributed by atoms with Crippen molar-refractivity contribution in [2.45, 2.75) is 50.7 Å². The third-order valence-electron chi connectivity index (χ3n) is 5.29. The number of anilines is 1. The summed E-state index contributed by atoms with van der Waals surface area (Å²) in [6, 6.07) is 14.8. The van der Waals surface area contributed by atoms with E-state index in [4.69, 9.17) is 14.2 Å². The Hall–Kier alpha value is -2.53. The maximum absolute atomic E-state index is 12.5. The van der Waals surface area contributed by atoms with E-state index in [0.717, 1.165) is 49.5 Å². The summed E-state index contributed by atoms with van der Waals surface area (Å²) in [4.78, 5) is 12.5. The lowest BCUT2D eigenvalue weighted by Crippen LogP contribution is -2.16. The smallest absolute Gasteiger partial charge is 0.255 e. The van der Waals surface area contributed by atoms with Gasteiger partial charge >= 0.3 is 0 Å². The average Bonchev–Trinajstić information content (AvgIpc) is 3.42. The van der Waals surface area contributed by atoms with Crippen molar-refractivity contribution in [1.82, 2.24) is 0 Å². The van der Waals surface area contributed by atoms with Crippen molar-refractivity contribution in [2.24, 2.45) is 0 Å². The van der Waals surface area contributed by atoms with Gasteiger partial charge in [0, 0.05) is 17.9 Å². The van der Waals surface area contributed by atoms with Crippen LogP contribution in [0.15, 0.2) is 48.5 Å². The zero-order valence-electron chi connectivity index (χ0n) is 16.1. The van der Waals surface area contributed by atoms with Crippen LogP contribution in [-0.4, -0.2) is 31.3 Å². The molecule has 1 saturated carbocycles. The molecule has 1 atom stereocenters. The molecule has 0 aromatic heterocycles. The topological polar surface area (TPSA) is 56.8 Å². The molecular formula is C23H27NO4. The molecule has 2 aliphatic rings. The lowest BCUT2D eigenvalue weighted by atomic mass is 10.2. The van der Waals surface area contributed by atoms with Crippen molar-refractivity contribution >= 4 is 11.6 Å². The SMILES string of the molecule is O=C(Nc1ccc(OC2CCCC2)cc1)c1ccc(OCC2CCCO2)cc1. The first-order valence-corrected chi connectivity index (χ1v) is 10.2. The van der Waals surface area contributed by atoms with Gasteiger partial charge in [-0.15, -0.1) is 0 Å². The number of ether oxygens (including phenoxy) is 3. The first-order valence-electron chi connectivity index (χ1n) is 10.2. The summed E-state index contributed by atoms with van der Waals surface area (Å²) in [5.41, 5.74) is 1.35. The molecule has 5 heteroatoms. The molecule has 2 fully saturated rings. The van der Waals surface area contributed by atoms with Gasteiger partial charge in [0.15, 0.2) is 0 Å². The normalized spacial score (nSPS) is 19.5. The van der Waals surface area contributed by atoms with Gasteiger partial charge in [0.05, 0.1) is 12.2 Å². The van der Waals surface area contributed by atoms with E-state index in [-0.39, 0.29) is 12.0 Å². The second-order valence-electron chi connectivity index (χ2n) is 7.47. The number of hydrogen-bond donors (Lipinski definition) is 1. The van der Waals surface area contributed by atoms with Crippen LogP contribution in [0.3, 0.4) is 0 Å². The van der Waals surface area contributed by atoms with Gasteiger partial charge in [-0.3, -0.25) is 4.79 Å². The molecule has 1 amide bonds. The van der Waals surface area contributed by atoms with E-state index >= 15 is 0 Å². The van der Waals surface area contributed by atoms with Crippen molar-refractivity contribution in [1.29, 1.82) is 0 Å². The highest BCUT2D eigenvalue weighted by atomic mass is 16.5. The molecular weight excluding hydrogens is 354 g/mol. The standard InChI is InChI=1S/C23H27NO4/c25-23(17-7-11-19(12-8-17)27-16-22-6-3-15-26-22)24-18-9-13-21(14-10-18)28-20-4-1-2-5-20/h7-14,20,22H,1-6,15-16H2,(H,24,25). The molecule has 4 rings (SSSR count). The number of hydrogen-bond acceptors (Lipinski definition) is 4. The molecule has 1 heterocycles. The number of benzene rings is 2.